The quantitative estimate of drug-likeness (QED) is 0.758. The molecule has 2 nitrogen and oxygen atoms in total. The Labute approximate surface area is 86.6 Å². The van der Waals surface area contributed by atoms with Crippen molar-refractivity contribution in [1.29, 1.82) is 0 Å². The Bertz CT molecular complexity index is 530. The molecule has 1 aromatic carbocycles. The lowest BCUT2D eigenvalue weighted by atomic mass is 10.1. The van der Waals surface area contributed by atoms with Crippen LogP contribution in [0.4, 0.5) is 0 Å². The Balaban J connectivity index is 2.70. The number of pyridine rings is 1. The van der Waals surface area contributed by atoms with E-state index in [4.69, 9.17) is 12.2 Å². The van der Waals surface area contributed by atoms with Crippen molar-refractivity contribution in [2.45, 2.75) is 6.42 Å². The number of hydrogen-bond donors (Lipinski definition) is 1. The van der Waals surface area contributed by atoms with Gasteiger partial charge in [-0.25, -0.2) is 0 Å². The van der Waals surface area contributed by atoms with Crippen LogP contribution in [0.1, 0.15) is 5.56 Å². The third-order valence-electron chi connectivity index (χ3n) is 2.13. The second-order valence-electron chi connectivity index (χ2n) is 3.08. The van der Waals surface area contributed by atoms with Crippen molar-refractivity contribution in [1.82, 2.24) is 4.98 Å². The molecule has 14 heavy (non-hydrogen) atoms. The molecule has 0 bridgehead atoms. The van der Waals surface area contributed by atoms with E-state index in [0.717, 1.165) is 16.5 Å². The number of aromatic nitrogens is 1. The molecule has 70 valence electrons. The molecule has 0 spiro atoms. The monoisotopic (exact) mass is 203 g/mol. The largest absolute Gasteiger partial charge is 0.322 e. The number of fused-ring (bicyclic) bond motifs is 1. The predicted molar refractivity (Wildman–Crippen MR) is 61.9 cm³/mol. The maximum Gasteiger partial charge on any atom is 0.251 e. The lowest BCUT2D eigenvalue weighted by Crippen LogP contribution is -2.12. The second-order valence-corrected chi connectivity index (χ2v) is 3.42. The van der Waals surface area contributed by atoms with E-state index in [1.807, 2.05) is 30.3 Å². The number of thiocarbonyl (C=S) groups is 1. The van der Waals surface area contributed by atoms with Crippen molar-refractivity contribution >= 4 is 28.5 Å². The van der Waals surface area contributed by atoms with Crippen molar-refractivity contribution in [2.75, 3.05) is 0 Å². The Hall–Kier alpha value is -1.48. The molecular formula is C11H9NOS. The zero-order valence-corrected chi connectivity index (χ0v) is 8.30. The number of para-hydroxylation sites is 1. The first-order valence-corrected chi connectivity index (χ1v) is 4.83. The zero-order chi connectivity index (χ0) is 9.97. The fourth-order valence-corrected chi connectivity index (χ4v) is 1.61. The van der Waals surface area contributed by atoms with Gasteiger partial charge in [-0.05, 0) is 22.9 Å². The molecule has 0 saturated heterocycles. The molecule has 0 aliphatic rings. The van der Waals surface area contributed by atoms with Gasteiger partial charge in [0, 0.05) is 17.5 Å². The van der Waals surface area contributed by atoms with E-state index in [1.54, 1.807) is 5.37 Å². The van der Waals surface area contributed by atoms with Crippen LogP contribution >= 0.6 is 12.2 Å². The number of aromatic amines is 1. The highest BCUT2D eigenvalue weighted by Crippen LogP contribution is 2.09. The molecule has 3 heteroatoms. The van der Waals surface area contributed by atoms with E-state index in [2.05, 4.69) is 4.98 Å². The van der Waals surface area contributed by atoms with Gasteiger partial charge >= 0.3 is 0 Å². The van der Waals surface area contributed by atoms with Crippen LogP contribution in [0.25, 0.3) is 10.9 Å². The van der Waals surface area contributed by atoms with Gasteiger partial charge in [0.1, 0.15) is 0 Å². The van der Waals surface area contributed by atoms with Crippen LogP contribution in [-0.4, -0.2) is 10.4 Å². The molecule has 2 aromatic rings. The van der Waals surface area contributed by atoms with Gasteiger partial charge in [-0.1, -0.05) is 30.4 Å². The second kappa shape index (κ2) is 3.72. The minimum atomic E-state index is -0.0511. The first-order valence-electron chi connectivity index (χ1n) is 4.36. The Morgan fingerprint density at radius 2 is 2.14 bits per heavy atom. The lowest BCUT2D eigenvalue weighted by Gasteiger charge is -1.99. The van der Waals surface area contributed by atoms with Crippen molar-refractivity contribution in [3.05, 3.63) is 46.2 Å². The van der Waals surface area contributed by atoms with E-state index in [0.29, 0.717) is 6.42 Å². The number of nitrogens with one attached hydrogen (secondary N) is 1. The molecule has 0 unspecified atom stereocenters. The van der Waals surface area contributed by atoms with E-state index in [1.165, 1.54) is 0 Å². The van der Waals surface area contributed by atoms with Crippen LogP contribution in [0, 0.1) is 0 Å². The maximum absolute atomic E-state index is 11.5. The first-order chi connectivity index (χ1) is 6.81. The fraction of sp³-hybridized carbons (Fsp3) is 0.0909. The normalized spacial score (nSPS) is 10.3. The minimum Gasteiger partial charge on any atom is -0.322 e. The summed E-state index contributed by atoms with van der Waals surface area (Å²) in [4.78, 5) is 14.3. The Morgan fingerprint density at radius 3 is 2.93 bits per heavy atom. The summed E-state index contributed by atoms with van der Waals surface area (Å²) in [5.74, 6) is 0. The third kappa shape index (κ3) is 1.59. The molecule has 0 atom stereocenters. The molecule has 0 fully saturated rings. The van der Waals surface area contributed by atoms with Gasteiger partial charge < -0.3 is 4.98 Å². The highest BCUT2D eigenvalue weighted by atomic mass is 32.1. The molecule has 0 amide bonds. The van der Waals surface area contributed by atoms with Gasteiger partial charge in [0.05, 0.1) is 0 Å². The summed E-state index contributed by atoms with van der Waals surface area (Å²) in [6.45, 7) is 0. The first kappa shape index (κ1) is 9.09. The van der Waals surface area contributed by atoms with Crippen LogP contribution in [0.3, 0.4) is 0 Å². The zero-order valence-electron chi connectivity index (χ0n) is 7.49. The van der Waals surface area contributed by atoms with Crippen LogP contribution in [0.2, 0.25) is 0 Å². The number of benzene rings is 1. The molecule has 0 radical (unpaired) electrons. The molecule has 1 aromatic heterocycles. The van der Waals surface area contributed by atoms with Crippen LogP contribution in [0.15, 0.2) is 35.1 Å². The molecular weight excluding hydrogens is 194 g/mol. The van der Waals surface area contributed by atoms with Gasteiger partial charge in [0.2, 0.25) is 0 Å². The van der Waals surface area contributed by atoms with Gasteiger partial charge in [0.25, 0.3) is 5.56 Å². The van der Waals surface area contributed by atoms with E-state index in [-0.39, 0.29) is 5.56 Å². The molecule has 1 heterocycles. The standard InChI is InChI=1S/C11H9NOS/c13-11-9(5-6-14)7-8-3-1-2-4-10(8)12-11/h1-4,6-7H,5H2,(H,12,13). The Morgan fingerprint density at radius 1 is 1.36 bits per heavy atom. The van der Waals surface area contributed by atoms with Crippen LogP contribution < -0.4 is 5.56 Å². The van der Waals surface area contributed by atoms with E-state index in [9.17, 15) is 4.79 Å². The molecule has 0 aliphatic heterocycles. The minimum absolute atomic E-state index is 0.0511. The SMILES string of the molecule is O=c1[nH]c2ccccc2cc1CC=S. The lowest BCUT2D eigenvalue weighted by molar-refractivity contribution is 1.20. The molecule has 1 N–H and O–H groups in total. The summed E-state index contributed by atoms with van der Waals surface area (Å²) in [6, 6.07) is 9.59. The van der Waals surface area contributed by atoms with E-state index >= 15 is 0 Å². The average Bonchev–Trinajstić information content (AvgIpc) is 2.19. The number of rotatable bonds is 2. The summed E-state index contributed by atoms with van der Waals surface area (Å²) < 4.78 is 0. The van der Waals surface area contributed by atoms with Gasteiger partial charge in [-0.15, -0.1) is 0 Å². The molecule has 2 rings (SSSR count). The third-order valence-corrected chi connectivity index (χ3v) is 2.30. The van der Waals surface area contributed by atoms with Crippen molar-refractivity contribution in [3.63, 3.8) is 0 Å². The van der Waals surface area contributed by atoms with Crippen molar-refractivity contribution < 1.29 is 0 Å². The fourth-order valence-electron chi connectivity index (χ4n) is 1.43. The van der Waals surface area contributed by atoms with Crippen molar-refractivity contribution in [2.24, 2.45) is 0 Å². The van der Waals surface area contributed by atoms with Crippen molar-refractivity contribution in [3.8, 4) is 0 Å². The smallest absolute Gasteiger partial charge is 0.251 e. The van der Waals surface area contributed by atoms with Crippen LogP contribution in [-0.2, 0) is 6.42 Å². The van der Waals surface area contributed by atoms with Gasteiger partial charge in [-0.3, -0.25) is 4.79 Å². The van der Waals surface area contributed by atoms with Gasteiger partial charge in [0.15, 0.2) is 0 Å². The number of hydrogen-bond acceptors (Lipinski definition) is 2. The topological polar surface area (TPSA) is 32.9 Å². The van der Waals surface area contributed by atoms with Gasteiger partial charge in [-0.2, -0.15) is 0 Å². The van der Waals surface area contributed by atoms with Crippen LogP contribution in [0.5, 0.6) is 0 Å². The summed E-state index contributed by atoms with van der Waals surface area (Å²) in [6.07, 6.45) is 0.537. The Kier molecular flexibility index (Phi) is 2.41. The predicted octanol–water partition coefficient (Wildman–Crippen LogP) is 2.07. The van der Waals surface area contributed by atoms with E-state index < -0.39 is 0 Å². The summed E-state index contributed by atoms with van der Waals surface area (Å²) in [5, 5.41) is 2.61. The molecule has 0 saturated carbocycles. The average molecular weight is 203 g/mol. The molecule has 0 aliphatic carbocycles. The summed E-state index contributed by atoms with van der Waals surface area (Å²) in [7, 11) is 0. The maximum atomic E-state index is 11.5. The highest BCUT2D eigenvalue weighted by molar-refractivity contribution is 7.78. The highest BCUT2D eigenvalue weighted by Gasteiger charge is 1.99. The summed E-state index contributed by atoms with van der Waals surface area (Å²) >= 11 is 4.74. The summed E-state index contributed by atoms with van der Waals surface area (Å²) in [5.41, 5.74) is 1.54. The number of H-pyrrole nitrogens is 1.